The molecule has 0 bridgehead atoms. The Morgan fingerprint density at radius 3 is 2.58 bits per heavy atom. The van der Waals surface area contributed by atoms with Crippen molar-refractivity contribution >= 4 is 40.4 Å². The Kier molecular flexibility index (Phi) is 7.15. The minimum Gasteiger partial charge on any atom is -0.386 e. The molecule has 1 fully saturated rings. The molecule has 36 heavy (non-hydrogen) atoms. The number of phosphoric ester groups is 1. The van der Waals surface area contributed by atoms with Crippen LogP contribution in [0.15, 0.2) is 17.1 Å². The number of phosphoric acid groups is 3. The monoisotopic (exact) mass is 580 g/mol. The van der Waals surface area contributed by atoms with E-state index in [1.807, 2.05) is 11.8 Å². The van der Waals surface area contributed by atoms with Crippen LogP contribution in [0, 0.1) is 11.8 Å². The van der Waals surface area contributed by atoms with E-state index < -0.39 is 72.2 Å². The first-order chi connectivity index (χ1) is 17.2. The molecule has 0 saturated carbocycles. The molecule has 3 rings (SSSR count). The van der Waals surface area contributed by atoms with Gasteiger partial charge in [-0.1, -0.05) is 11.8 Å². The molecular formula is C14H18FN4O14P3. The van der Waals surface area contributed by atoms with Crippen LogP contribution in [0.5, 0.6) is 0 Å². The molecule has 0 radical (unpaired) electrons. The quantitative estimate of drug-likeness (QED) is 0.132. The van der Waals surface area contributed by atoms with Crippen LogP contribution in [-0.4, -0.2) is 75.4 Å². The third-order valence-corrected chi connectivity index (χ3v) is 7.96. The lowest BCUT2D eigenvalue weighted by atomic mass is 9.94. The normalized spacial score (nSPS) is 29.0. The van der Waals surface area contributed by atoms with Gasteiger partial charge in [-0.15, -0.1) is 0 Å². The van der Waals surface area contributed by atoms with Crippen LogP contribution in [0.4, 0.5) is 10.3 Å². The Labute approximate surface area is 201 Å². The summed E-state index contributed by atoms with van der Waals surface area (Å²) in [6.07, 6.45) is -5.96. The van der Waals surface area contributed by atoms with Gasteiger partial charge in [-0.2, -0.15) is 13.6 Å². The molecule has 18 nitrogen and oxygen atoms in total. The fourth-order valence-electron chi connectivity index (χ4n) is 3.04. The maximum atomic E-state index is 12.8. The molecule has 1 saturated heterocycles. The number of nitrogens with two attached hydrogens (primary N) is 1. The van der Waals surface area contributed by atoms with Crippen LogP contribution in [0.1, 0.15) is 8.97 Å². The number of ether oxygens (including phenoxy) is 1. The summed E-state index contributed by atoms with van der Waals surface area (Å²) in [5.74, 6) is 3.34. The third kappa shape index (κ3) is 6.28. The van der Waals surface area contributed by atoms with Crippen molar-refractivity contribution in [3.8, 4) is 11.8 Å². The topological polar surface area (TPSA) is 286 Å². The molecule has 0 aliphatic carbocycles. The van der Waals surface area contributed by atoms with Crippen LogP contribution in [-0.2, 0) is 31.6 Å². The van der Waals surface area contributed by atoms with E-state index in [1.54, 1.807) is 0 Å². The average Bonchev–Trinajstić information content (AvgIpc) is 3.22. The Morgan fingerprint density at radius 2 is 1.97 bits per heavy atom. The van der Waals surface area contributed by atoms with E-state index in [9.17, 15) is 42.9 Å². The molecule has 3 heterocycles. The number of rotatable bonds is 8. The second-order valence-electron chi connectivity index (χ2n) is 6.83. The van der Waals surface area contributed by atoms with Gasteiger partial charge >= 0.3 is 23.5 Å². The van der Waals surface area contributed by atoms with Crippen LogP contribution in [0.25, 0.3) is 11.0 Å². The number of halogens is 1. The number of hydrogen-bond acceptors (Lipinski definition) is 12. The van der Waals surface area contributed by atoms with Gasteiger partial charge < -0.3 is 44.8 Å². The summed E-state index contributed by atoms with van der Waals surface area (Å²) in [4.78, 5) is 54.3. The lowest BCUT2D eigenvalue weighted by Crippen LogP contribution is -2.46. The van der Waals surface area contributed by atoms with Crippen molar-refractivity contribution in [2.24, 2.45) is 0 Å². The number of aliphatic hydroxyl groups is 2. The molecule has 22 heteroatoms. The molecule has 200 valence electrons. The van der Waals surface area contributed by atoms with Gasteiger partial charge in [0, 0.05) is 6.20 Å². The van der Waals surface area contributed by atoms with Crippen molar-refractivity contribution in [3.63, 3.8) is 0 Å². The highest BCUT2D eigenvalue weighted by atomic mass is 31.3. The van der Waals surface area contributed by atoms with E-state index >= 15 is 0 Å². The Balaban J connectivity index is 2.01. The maximum Gasteiger partial charge on any atom is 0.490 e. The first-order valence-corrected chi connectivity index (χ1v) is 13.6. The fourth-order valence-corrected chi connectivity index (χ4v) is 5.91. The number of nitrogen functional groups attached to an aromatic ring is 1. The van der Waals surface area contributed by atoms with Gasteiger partial charge in [-0.05, 0) is 6.07 Å². The van der Waals surface area contributed by atoms with E-state index in [4.69, 9.17) is 23.0 Å². The molecule has 2 aromatic rings. The summed E-state index contributed by atoms with van der Waals surface area (Å²) >= 11 is 0. The standard InChI is InChI=1S/C14H18FN4O14P3/c15-4-1-3-14(22)9(20)8(6-30-35(26,27)33-36(28,29)32-34(23,24)25)31-12(14)19-5-2-7-10(19)17-13(16)18-11(7)21/h2,5,8-9,12,20,22H,4,6H2,(H,26,27)(H,28,29)(H2,23,24,25)(H3,16,17,18,21)/t8-,9+,12-,14?/m1/s1/i6D2. The molecular weight excluding hydrogens is 560 g/mol. The minimum absolute atomic E-state index is 0.127. The van der Waals surface area contributed by atoms with E-state index in [0.29, 0.717) is 0 Å². The predicted molar refractivity (Wildman–Crippen MR) is 113 cm³/mol. The second kappa shape index (κ2) is 10.0. The first kappa shape index (κ1) is 25.6. The lowest BCUT2D eigenvalue weighted by molar-refractivity contribution is -0.0716. The first-order valence-electron chi connectivity index (χ1n) is 10.0. The Hall–Kier alpha value is -2.00. The van der Waals surface area contributed by atoms with Crippen LogP contribution in [0.2, 0.25) is 0 Å². The molecule has 6 atom stereocenters. The summed E-state index contributed by atoms with van der Waals surface area (Å²) in [6, 6.07) is 1.16. The Bertz CT molecular complexity index is 1500. The van der Waals surface area contributed by atoms with Crippen molar-refractivity contribution in [3.05, 3.63) is 22.6 Å². The molecule has 2 aromatic heterocycles. The second-order valence-corrected chi connectivity index (χ2v) is 11.2. The molecule has 3 unspecified atom stereocenters. The van der Waals surface area contributed by atoms with Crippen molar-refractivity contribution in [1.82, 2.24) is 14.5 Å². The number of aromatic amines is 1. The molecule has 0 amide bonds. The molecule has 1 aliphatic rings. The number of H-pyrrole nitrogens is 1. The lowest BCUT2D eigenvalue weighted by Gasteiger charge is -2.26. The van der Waals surface area contributed by atoms with Crippen LogP contribution >= 0.6 is 23.5 Å². The molecule has 0 aromatic carbocycles. The highest BCUT2D eigenvalue weighted by Gasteiger charge is 2.56. The number of alkyl halides is 1. The van der Waals surface area contributed by atoms with Crippen molar-refractivity contribution in [2.45, 2.75) is 24.0 Å². The van der Waals surface area contributed by atoms with Gasteiger partial charge in [0.1, 0.15) is 18.9 Å². The predicted octanol–water partition coefficient (Wildman–Crippen LogP) is -1.39. The van der Waals surface area contributed by atoms with Gasteiger partial charge in [0.2, 0.25) is 5.95 Å². The zero-order valence-corrected chi connectivity index (χ0v) is 19.9. The fraction of sp³-hybridized carbons (Fsp3) is 0.429. The van der Waals surface area contributed by atoms with Crippen molar-refractivity contribution in [1.29, 1.82) is 0 Å². The average molecular weight is 580 g/mol. The third-order valence-electron chi connectivity index (χ3n) is 4.30. The molecule has 9 N–H and O–H groups in total. The van der Waals surface area contributed by atoms with E-state index in [2.05, 4.69) is 23.1 Å². The summed E-state index contributed by atoms with van der Waals surface area (Å²) in [5, 5.41) is 21.7. The zero-order chi connectivity index (χ0) is 28.9. The van der Waals surface area contributed by atoms with E-state index in [-0.39, 0.29) is 11.0 Å². The maximum absolute atomic E-state index is 12.8. The zero-order valence-electron chi connectivity index (χ0n) is 19.2. The number of aliphatic hydroxyl groups excluding tert-OH is 1. The van der Waals surface area contributed by atoms with E-state index in [1.165, 1.54) is 0 Å². The largest absolute Gasteiger partial charge is 0.490 e. The van der Waals surface area contributed by atoms with Crippen molar-refractivity contribution < 1.29 is 68.5 Å². The number of anilines is 1. The molecule has 1 aliphatic heterocycles. The minimum atomic E-state index is -6.10. The van der Waals surface area contributed by atoms with Gasteiger partial charge in [-0.3, -0.25) is 14.3 Å². The van der Waals surface area contributed by atoms with Crippen molar-refractivity contribution in [2.75, 3.05) is 19.0 Å². The van der Waals surface area contributed by atoms with E-state index in [0.717, 1.165) is 16.8 Å². The van der Waals surface area contributed by atoms with Gasteiger partial charge in [0.25, 0.3) is 5.56 Å². The number of nitrogens with one attached hydrogen (secondary N) is 1. The summed E-state index contributed by atoms with van der Waals surface area (Å²) in [7, 11) is -17.9. The highest BCUT2D eigenvalue weighted by molar-refractivity contribution is 7.66. The molecule has 0 spiro atoms. The van der Waals surface area contributed by atoms with Gasteiger partial charge in [-0.25, -0.2) is 18.1 Å². The summed E-state index contributed by atoms with van der Waals surface area (Å²) < 4.78 is 80.4. The number of hydrogen-bond donors (Lipinski definition) is 8. The number of aromatic nitrogens is 3. The summed E-state index contributed by atoms with van der Waals surface area (Å²) in [5.41, 5.74) is 1.58. The highest BCUT2D eigenvalue weighted by Crippen LogP contribution is 2.66. The summed E-state index contributed by atoms with van der Waals surface area (Å²) in [6.45, 7) is -5.09. The SMILES string of the molecule is [2H]C([2H])(OP(=O)(O)OP(=O)(O)OP(=O)(O)O)[C@H]1O[C@@H](n2ccc3c(=O)[nH]c(N)nc32)C(O)(C#CCF)[C@H]1O. The van der Waals surface area contributed by atoms with Crippen LogP contribution in [0.3, 0.4) is 0 Å². The van der Waals surface area contributed by atoms with Gasteiger partial charge in [0.15, 0.2) is 17.5 Å². The Morgan fingerprint density at radius 1 is 1.31 bits per heavy atom. The smallest absolute Gasteiger partial charge is 0.386 e. The van der Waals surface area contributed by atoms with Gasteiger partial charge in [0.05, 0.1) is 14.7 Å². The number of fused-ring (bicyclic) bond motifs is 1. The number of nitrogens with zero attached hydrogens (tertiary/aromatic N) is 2. The van der Waals surface area contributed by atoms with Crippen LogP contribution < -0.4 is 11.3 Å².